The van der Waals surface area contributed by atoms with Crippen molar-refractivity contribution in [3.63, 3.8) is 0 Å². The van der Waals surface area contributed by atoms with E-state index in [0.717, 1.165) is 45.0 Å². The maximum absolute atomic E-state index is 11.3. The van der Waals surface area contributed by atoms with Gasteiger partial charge in [-0.1, -0.05) is 121 Å². The minimum absolute atomic E-state index is 0.0327. The highest BCUT2D eigenvalue weighted by Crippen LogP contribution is 2.42. The SMILES string of the molecule is Oc1cc(-c2nc(-c3ccccc3)c(-c3ccccc3)[nH]2)c(O)cc1-c1nc(-c2ccccc2)c(-c2ccccc2)[nH]1. The number of aromatic nitrogens is 4. The summed E-state index contributed by atoms with van der Waals surface area (Å²) in [6.45, 7) is 0. The molecule has 4 N–H and O–H groups in total. The second-order valence-electron chi connectivity index (χ2n) is 9.97. The molecule has 42 heavy (non-hydrogen) atoms. The third kappa shape index (κ3) is 4.61. The molecular weight excluding hydrogens is 520 g/mol. The van der Waals surface area contributed by atoms with E-state index < -0.39 is 0 Å². The van der Waals surface area contributed by atoms with Crippen LogP contribution in [0.3, 0.4) is 0 Å². The van der Waals surface area contributed by atoms with Crippen molar-refractivity contribution in [2.24, 2.45) is 0 Å². The molecular formula is C36H26N4O2. The zero-order valence-electron chi connectivity index (χ0n) is 22.5. The zero-order chi connectivity index (χ0) is 28.5. The number of aromatic hydroxyl groups is 2. The second-order valence-corrected chi connectivity index (χ2v) is 9.97. The van der Waals surface area contributed by atoms with Gasteiger partial charge in [-0.15, -0.1) is 0 Å². The van der Waals surface area contributed by atoms with Crippen LogP contribution < -0.4 is 0 Å². The van der Waals surface area contributed by atoms with E-state index in [9.17, 15) is 10.2 Å². The van der Waals surface area contributed by atoms with E-state index in [1.54, 1.807) is 0 Å². The van der Waals surface area contributed by atoms with Crippen molar-refractivity contribution in [3.05, 3.63) is 133 Å². The molecule has 0 saturated heterocycles. The van der Waals surface area contributed by atoms with Crippen LogP contribution in [-0.2, 0) is 0 Å². The maximum atomic E-state index is 11.3. The molecule has 0 saturated carbocycles. The lowest BCUT2D eigenvalue weighted by Gasteiger charge is -2.07. The average Bonchev–Trinajstić information content (AvgIpc) is 3.70. The molecule has 6 heteroatoms. The predicted octanol–water partition coefficient (Wildman–Crippen LogP) is 8.55. The third-order valence-electron chi connectivity index (χ3n) is 7.25. The van der Waals surface area contributed by atoms with Crippen LogP contribution in [0.5, 0.6) is 11.5 Å². The topological polar surface area (TPSA) is 97.8 Å². The minimum atomic E-state index is -0.0327. The fourth-order valence-corrected chi connectivity index (χ4v) is 5.20. The largest absolute Gasteiger partial charge is 0.507 e. The Balaban J connectivity index is 1.34. The first-order chi connectivity index (χ1) is 20.7. The summed E-state index contributed by atoms with van der Waals surface area (Å²) in [7, 11) is 0. The van der Waals surface area contributed by atoms with E-state index in [2.05, 4.69) is 9.97 Å². The minimum Gasteiger partial charge on any atom is -0.507 e. The summed E-state index contributed by atoms with van der Waals surface area (Å²) in [6.07, 6.45) is 0. The first-order valence-corrected chi connectivity index (χ1v) is 13.6. The molecule has 0 aliphatic rings. The zero-order valence-corrected chi connectivity index (χ0v) is 22.5. The van der Waals surface area contributed by atoms with E-state index in [-0.39, 0.29) is 11.5 Å². The second kappa shape index (κ2) is 10.6. The first-order valence-electron chi connectivity index (χ1n) is 13.6. The molecule has 0 aliphatic carbocycles. The Kier molecular flexibility index (Phi) is 6.33. The van der Waals surface area contributed by atoms with Crippen LogP contribution in [-0.4, -0.2) is 30.1 Å². The van der Waals surface area contributed by atoms with E-state index in [0.29, 0.717) is 22.8 Å². The number of hydrogen-bond donors (Lipinski definition) is 4. The Morgan fingerprint density at radius 3 is 1.05 bits per heavy atom. The smallest absolute Gasteiger partial charge is 0.142 e. The average molecular weight is 547 g/mol. The van der Waals surface area contributed by atoms with Gasteiger partial charge in [0.1, 0.15) is 23.1 Å². The monoisotopic (exact) mass is 546 g/mol. The molecule has 5 aromatic carbocycles. The van der Waals surface area contributed by atoms with E-state index in [1.165, 1.54) is 12.1 Å². The molecule has 0 fully saturated rings. The van der Waals surface area contributed by atoms with Gasteiger partial charge in [0.25, 0.3) is 0 Å². The molecule has 0 atom stereocenters. The van der Waals surface area contributed by atoms with Crippen LogP contribution in [0.15, 0.2) is 133 Å². The molecule has 2 aromatic heterocycles. The molecule has 6 nitrogen and oxygen atoms in total. The van der Waals surface area contributed by atoms with Gasteiger partial charge in [-0.25, -0.2) is 9.97 Å². The van der Waals surface area contributed by atoms with Crippen LogP contribution in [0, 0.1) is 0 Å². The van der Waals surface area contributed by atoms with Crippen molar-refractivity contribution < 1.29 is 10.2 Å². The molecule has 0 bridgehead atoms. The molecule has 0 radical (unpaired) electrons. The van der Waals surface area contributed by atoms with Gasteiger partial charge in [-0.2, -0.15) is 0 Å². The highest BCUT2D eigenvalue weighted by molar-refractivity contribution is 5.86. The lowest BCUT2D eigenvalue weighted by molar-refractivity contribution is 0.463. The fraction of sp³-hybridized carbons (Fsp3) is 0. The van der Waals surface area contributed by atoms with Gasteiger partial charge in [0, 0.05) is 22.3 Å². The third-order valence-corrected chi connectivity index (χ3v) is 7.25. The van der Waals surface area contributed by atoms with Crippen molar-refractivity contribution in [1.82, 2.24) is 19.9 Å². The molecule has 0 amide bonds. The van der Waals surface area contributed by atoms with Gasteiger partial charge < -0.3 is 20.2 Å². The van der Waals surface area contributed by atoms with E-state index in [1.807, 2.05) is 121 Å². The van der Waals surface area contributed by atoms with Crippen LogP contribution in [0.25, 0.3) is 67.8 Å². The number of rotatable bonds is 6. The highest BCUT2D eigenvalue weighted by Gasteiger charge is 2.22. The summed E-state index contributed by atoms with van der Waals surface area (Å²) < 4.78 is 0. The van der Waals surface area contributed by atoms with Crippen LogP contribution in [0.4, 0.5) is 0 Å². The Bertz CT molecular complexity index is 1720. The number of phenols is 2. The molecule has 0 aliphatic heterocycles. The Labute approximate surface area is 242 Å². The molecule has 7 aromatic rings. The van der Waals surface area contributed by atoms with Crippen LogP contribution >= 0.6 is 0 Å². The number of phenolic OH excluding ortho intramolecular Hbond substituents is 2. The Morgan fingerprint density at radius 1 is 0.405 bits per heavy atom. The number of nitrogens with zero attached hydrogens (tertiary/aromatic N) is 2. The van der Waals surface area contributed by atoms with Crippen LogP contribution in [0.1, 0.15) is 0 Å². The summed E-state index contributed by atoms with van der Waals surface area (Å²) >= 11 is 0. The summed E-state index contributed by atoms with van der Waals surface area (Å²) in [5.74, 6) is 0.826. The standard InChI is InChI=1S/C36H26N4O2/c41-29-22-28(36-39-33(25-17-9-3-10-18-25)34(40-36)26-19-11-4-12-20-26)30(42)21-27(29)35-37-31(23-13-5-1-6-14-23)32(38-35)24-15-7-2-8-16-24/h1-22,41-42H,(H,37,38)(H,39,40). The number of aromatic amines is 2. The maximum Gasteiger partial charge on any atom is 0.142 e. The lowest BCUT2D eigenvalue weighted by Crippen LogP contribution is -1.88. The van der Waals surface area contributed by atoms with Gasteiger partial charge in [0.15, 0.2) is 0 Å². The summed E-state index contributed by atoms with van der Waals surface area (Å²) in [5.41, 5.74) is 7.74. The number of H-pyrrole nitrogens is 2. The molecule has 2 heterocycles. The molecule has 7 rings (SSSR count). The van der Waals surface area contributed by atoms with Crippen molar-refractivity contribution in [2.45, 2.75) is 0 Å². The van der Waals surface area contributed by atoms with Crippen LogP contribution in [0.2, 0.25) is 0 Å². The fourth-order valence-electron chi connectivity index (χ4n) is 5.20. The Morgan fingerprint density at radius 2 is 0.714 bits per heavy atom. The lowest BCUT2D eigenvalue weighted by atomic mass is 10.1. The van der Waals surface area contributed by atoms with Gasteiger partial charge >= 0.3 is 0 Å². The number of benzene rings is 5. The molecule has 202 valence electrons. The van der Waals surface area contributed by atoms with E-state index in [4.69, 9.17) is 9.97 Å². The molecule has 0 unspecified atom stereocenters. The van der Waals surface area contributed by atoms with Gasteiger partial charge in [-0.3, -0.25) is 0 Å². The van der Waals surface area contributed by atoms with Crippen molar-refractivity contribution >= 4 is 0 Å². The first kappa shape index (κ1) is 25.1. The predicted molar refractivity (Wildman–Crippen MR) is 167 cm³/mol. The van der Waals surface area contributed by atoms with Gasteiger partial charge in [-0.05, 0) is 12.1 Å². The summed E-state index contributed by atoms with van der Waals surface area (Å²) in [5, 5.41) is 22.5. The quantitative estimate of drug-likeness (QED) is 0.157. The molecule has 0 spiro atoms. The number of hydrogen-bond acceptors (Lipinski definition) is 4. The van der Waals surface area contributed by atoms with E-state index >= 15 is 0 Å². The normalized spacial score (nSPS) is 11.0. The van der Waals surface area contributed by atoms with Crippen molar-refractivity contribution in [3.8, 4) is 79.3 Å². The summed E-state index contributed by atoms with van der Waals surface area (Å²) in [6, 6.07) is 42.7. The number of imidazole rings is 2. The highest BCUT2D eigenvalue weighted by atomic mass is 16.3. The van der Waals surface area contributed by atoms with Gasteiger partial charge in [0.2, 0.25) is 0 Å². The van der Waals surface area contributed by atoms with Crippen molar-refractivity contribution in [2.75, 3.05) is 0 Å². The van der Waals surface area contributed by atoms with Crippen molar-refractivity contribution in [1.29, 1.82) is 0 Å². The summed E-state index contributed by atoms with van der Waals surface area (Å²) in [4.78, 5) is 16.5. The van der Waals surface area contributed by atoms with Gasteiger partial charge in [0.05, 0.1) is 33.9 Å². The number of nitrogens with one attached hydrogen (secondary N) is 2. The Hall–Kier alpha value is -5.88.